The Morgan fingerprint density at radius 1 is 1.58 bits per heavy atom. The van der Waals surface area contributed by atoms with E-state index < -0.39 is 9.84 Å². The molecule has 108 valence electrons. The molecular weight excluding hydrogens is 262 g/mol. The number of hydrogen-bond acceptors (Lipinski definition) is 4. The molecule has 6 heteroatoms. The Kier molecular flexibility index (Phi) is 4.30. The van der Waals surface area contributed by atoms with Crippen molar-refractivity contribution in [2.24, 2.45) is 18.9 Å². The average Bonchev–Trinajstić information content (AvgIpc) is 2.81. The van der Waals surface area contributed by atoms with Crippen LogP contribution in [0.4, 0.5) is 0 Å². The highest BCUT2D eigenvalue weighted by molar-refractivity contribution is 7.91. The second kappa shape index (κ2) is 5.63. The van der Waals surface area contributed by atoms with Crippen molar-refractivity contribution < 1.29 is 8.42 Å². The van der Waals surface area contributed by atoms with Crippen molar-refractivity contribution in [3.8, 4) is 0 Å². The molecule has 1 N–H and O–H groups in total. The van der Waals surface area contributed by atoms with E-state index in [1.807, 2.05) is 25.7 Å². The minimum Gasteiger partial charge on any atom is -0.319 e. The van der Waals surface area contributed by atoms with Gasteiger partial charge >= 0.3 is 0 Å². The quantitative estimate of drug-likeness (QED) is 0.858. The van der Waals surface area contributed by atoms with E-state index in [4.69, 9.17) is 0 Å². The molecule has 1 aromatic rings. The molecule has 0 radical (unpaired) electrons. The first-order valence-electron chi connectivity index (χ1n) is 6.76. The smallest absolute Gasteiger partial charge is 0.150 e. The van der Waals surface area contributed by atoms with Crippen molar-refractivity contribution in [1.29, 1.82) is 0 Å². The highest BCUT2D eigenvalue weighted by Gasteiger charge is 2.33. The van der Waals surface area contributed by atoms with Crippen LogP contribution in [0.5, 0.6) is 0 Å². The Hall–Kier alpha value is -0.880. The van der Waals surface area contributed by atoms with Gasteiger partial charge in [-0.2, -0.15) is 5.10 Å². The fourth-order valence-electron chi connectivity index (χ4n) is 2.99. The third kappa shape index (κ3) is 3.57. The van der Waals surface area contributed by atoms with Gasteiger partial charge in [0.15, 0.2) is 9.84 Å². The van der Waals surface area contributed by atoms with E-state index in [9.17, 15) is 8.42 Å². The van der Waals surface area contributed by atoms with Crippen molar-refractivity contribution in [3.63, 3.8) is 0 Å². The molecule has 0 amide bonds. The van der Waals surface area contributed by atoms with Crippen LogP contribution in [0.1, 0.15) is 17.8 Å². The van der Waals surface area contributed by atoms with Gasteiger partial charge in [-0.1, -0.05) is 0 Å². The molecule has 0 spiro atoms. The first kappa shape index (κ1) is 14.5. The maximum absolute atomic E-state index is 11.6. The van der Waals surface area contributed by atoms with Crippen LogP contribution in [0.3, 0.4) is 0 Å². The van der Waals surface area contributed by atoms with E-state index in [0.717, 1.165) is 25.1 Å². The largest absolute Gasteiger partial charge is 0.319 e. The number of aromatic nitrogens is 2. The molecule has 0 bridgehead atoms. The summed E-state index contributed by atoms with van der Waals surface area (Å²) in [5, 5.41) is 7.55. The van der Waals surface area contributed by atoms with Crippen LogP contribution in [0.2, 0.25) is 0 Å². The van der Waals surface area contributed by atoms with Crippen LogP contribution >= 0.6 is 0 Å². The van der Waals surface area contributed by atoms with Gasteiger partial charge in [-0.15, -0.1) is 0 Å². The Bertz CT molecular complexity index is 536. The summed E-state index contributed by atoms with van der Waals surface area (Å²) < 4.78 is 25.2. The summed E-state index contributed by atoms with van der Waals surface area (Å²) >= 11 is 0. The maximum Gasteiger partial charge on any atom is 0.150 e. The van der Waals surface area contributed by atoms with Crippen molar-refractivity contribution in [2.75, 3.05) is 25.1 Å². The fourth-order valence-corrected chi connectivity index (χ4v) is 4.91. The molecule has 0 aromatic carbocycles. The lowest BCUT2D eigenvalue weighted by Gasteiger charge is -2.22. The second-order valence-electron chi connectivity index (χ2n) is 5.59. The van der Waals surface area contributed by atoms with Gasteiger partial charge in [0, 0.05) is 12.7 Å². The molecular formula is C13H23N3O2S. The monoisotopic (exact) mass is 285 g/mol. The third-order valence-electron chi connectivity index (χ3n) is 3.97. The highest BCUT2D eigenvalue weighted by atomic mass is 32.2. The van der Waals surface area contributed by atoms with Gasteiger partial charge in [0.25, 0.3) is 0 Å². The number of rotatable bonds is 5. The molecule has 2 rings (SSSR count). The SMILES string of the molecule is CNCC(Cc1cc(C)nn1C)C1CCS(=O)(=O)C1. The summed E-state index contributed by atoms with van der Waals surface area (Å²) in [6, 6.07) is 2.09. The number of hydrogen-bond donors (Lipinski definition) is 1. The summed E-state index contributed by atoms with van der Waals surface area (Å²) in [5.74, 6) is 1.32. The standard InChI is InChI=1S/C13H23N3O2S/c1-10-6-13(16(3)15-10)7-12(8-14-2)11-4-5-19(17,18)9-11/h6,11-12,14H,4-5,7-9H2,1-3H3. The molecule has 2 atom stereocenters. The zero-order valence-corrected chi connectivity index (χ0v) is 12.7. The maximum atomic E-state index is 11.6. The summed E-state index contributed by atoms with van der Waals surface area (Å²) in [5.41, 5.74) is 2.20. The van der Waals surface area contributed by atoms with E-state index >= 15 is 0 Å². The van der Waals surface area contributed by atoms with Crippen LogP contribution in [0, 0.1) is 18.8 Å². The van der Waals surface area contributed by atoms with E-state index in [1.165, 1.54) is 5.69 Å². The number of nitrogens with zero attached hydrogens (tertiary/aromatic N) is 2. The van der Waals surface area contributed by atoms with Crippen molar-refractivity contribution >= 4 is 9.84 Å². The molecule has 19 heavy (non-hydrogen) atoms. The normalized spacial score (nSPS) is 23.6. The Balaban J connectivity index is 2.10. The second-order valence-corrected chi connectivity index (χ2v) is 7.81. The predicted molar refractivity (Wildman–Crippen MR) is 75.8 cm³/mol. The molecule has 5 nitrogen and oxygen atoms in total. The lowest BCUT2D eigenvalue weighted by Crippen LogP contribution is -2.29. The number of nitrogens with one attached hydrogen (secondary N) is 1. The lowest BCUT2D eigenvalue weighted by atomic mass is 9.87. The topological polar surface area (TPSA) is 64.0 Å². The van der Waals surface area contributed by atoms with Gasteiger partial charge < -0.3 is 5.32 Å². The lowest BCUT2D eigenvalue weighted by molar-refractivity contribution is 0.345. The Morgan fingerprint density at radius 2 is 2.32 bits per heavy atom. The number of aryl methyl sites for hydroxylation is 2. The van der Waals surface area contributed by atoms with Gasteiger partial charge in [0.2, 0.25) is 0 Å². The van der Waals surface area contributed by atoms with Gasteiger partial charge in [-0.25, -0.2) is 8.42 Å². The Morgan fingerprint density at radius 3 is 2.79 bits per heavy atom. The van der Waals surface area contributed by atoms with E-state index in [-0.39, 0.29) is 5.92 Å². The molecule has 1 aromatic heterocycles. The summed E-state index contributed by atoms with van der Waals surface area (Å²) in [6.45, 7) is 2.83. The molecule has 0 saturated carbocycles. The molecule has 2 unspecified atom stereocenters. The minimum atomic E-state index is -2.81. The summed E-state index contributed by atoms with van der Waals surface area (Å²) in [6.07, 6.45) is 1.68. The van der Waals surface area contributed by atoms with Crippen LogP contribution < -0.4 is 5.32 Å². The molecule has 2 heterocycles. The van der Waals surface area contributed by atoms with Gasteiger partial charge in [-0.05, 0) is 51.3 Å². The Labute approximate surface area is 115 Å². The van der Waals surface area contributed by atoms with Crippen molar-refractivity contribution in [3.05, 3.63) is 17.5 Å². The first-order chi connectivity index (χ1) is 8.91. The molecule has 1 saturated heterocycles. The third-order valence-corrected chi connectivity index (χ3v) is 5.76. The van der Waals surface area contributed by atoms with E-state index in [2.05, 4.69) is 16.5 Å². The first-order valence-corrected chi connectivity index (χ1v) is 8.58. The summed E-state index contributed by atoms with van der Waals surface area (Å²) in [4.78, 5) is 0. The van der Waals surface area contributed by atoms with Gasteiger partial charge in [-0.3, -0.25) is 4.68 Å². The average molecular weight is 285 g/mol. The molecule has 1 fully saturated rings. The van der Waals surface area contributed by atoms with Gasteiger partial charge in [0.1, 0.15) is 0 Å². The van der Waals surface area contributed by atoms with Crippen LogP contribution in [-0.2, 0) is 23.3 Å². The molecule has 1 aliphatic heterocycles. The van der Waals surface area contributed by atoms with Gasteiger partial charge in [0.05, 0.1) is 17.2 Å². The van der Waals surface area contributed by atoms with Crippen LogP contribution in [-0.4, -0.2) is 43.3 Å². The molecule has 0 aliphatic carbocycles. The zero-order chi connectivity index (χ0) is 14.0. The van der Waals surface area contributed by atoms with Crippen LogP contribution in [0.15, 0.2) is 6.07 Å². The minimum absolute atomic E-state index is 0.271. The van der Waals surface area contributed by atoms with Crippen molar-refractivity contribution in [1.82, 2.24) is 15.1 Å². The summed E-state index contributed by atoms with van der Waals surface area (Å²) in [7, 11) is 1.06. The van der Waals surface area contributed by atoms with Crippen molar-refractivity contribution in [2.45, 2.75) is 19.8 Å². The predicted octanol–water partition coefficient (Wildman–Crippen LogP) is 0.541. The molecule has 1 aliphatic rings. The zero-order valence-electron chi connectivity index (χ0n) is 11.9. The highest BCUT2D eigenvalue weighted by Crippen LogP contribution is 2.28. The van der Waals surface area contributed by atoms with E-state index in [0.29, 0.717) is 17.4 Å². The van der Waals surface area contributed by atoms with Crippen LogP contribution in [0.25, 0.3) is 0 Å². The fraction of sp³-hybridized carbons (Fsp3) is 0.769. The number of sulfone groups is 1. The van der Waals surface area contributed by atoms with E-state index in [1.54, 1.807) is 0 Å².